The van der Waals surface area contributed by atoms with E-state index >= 15 is 0 Å². The first-order valence-corrected chi connectivity index (χ1v) is 11.7. The fourth-order valence-corrected chi connectivity index (χ4v) is 7.14. The molecule has 2 fully saturated rings. The zero-order valence-electron chi connectivity index (χ0n) is 16.7. The van der Waals surface area contributed by atoms with Gasteiger partial charge in [0.25, 0.3) is 11.9 Å². The molecular weight excluding hydrogens is 429 g/mol. The number of hydrogen-bond donors (Lipinski definition) is 0. The number of aryl methyl sites for hydroxylation is 1. The Hall–Kier alpha value is -3.02. The first kappa shape index (κ1) is 19.9. The lowest BCUT2D eigenvalue weighted by atomic mass is 9.91. The van der Waals surface area contributed by atoms with Gasteiger partial charge in [0.15, 0.2) is 5.58 Å². The summed E-state index contributed by atoms with van der Waals surface area (Å²) in [6, 6.07) is 4.62. The Balaban J connectivity index is 1.32. The van der Waals surface area contributed by atoms with Crippen LogP contribution in [0, 0.1) is 24.6 Å². The van der Waals surface area contributed by atoms with Gasteiger partial charge in [-0.05, 0) is 30.4 Å². The van der Waals surface area contributed by atoms with Crippen molar-refractivity contribution in [3.8, 4) is 0 Å². The summed E-state index contributed by atoms with van der Waals surface area (Å²) in [6.07, 6.45) is 0.883. The van der Waals surface area contributed by atoms with Crippen LogP contribution in [0.4, 0.5) is 10.4 Å². The summed E-state index contributed by atoms with van der Waals surface area (Å²) in [7, 11) is -2.74. The van der Waals surface area contributed by atoms with Crippen molar-refractivity contribution in [1.29, 1.82) is 0 Å². The van der Waals surface area contributed by atoms with E-state index < -0.39 is 27.9 Å². The molecule has 12 heteroatoms. The van der Waals surface area contributed by atoms with E-state index in [9.17, 15) is 18.2 Å². The molecule has 0 saturated carbocycles. The summed E-state index contributed by atoms with van der Waals surface area (Å²) >= 11 is 0. The summed E-state index contributed by atoms with van der Waals surface area (Å²) in [5.41, 5.74) is 0.961. The highest BCUT2D eigenvalue weighted by Gasteiger charge is 2.38. The zero-order valence-corrected chi connectivity index (χ0v) is 17.5. The lowest BCUT2D eigenvalue weighted by Gasteiger charge is -2.41. The van der Waals surface area contributed by atoms with Gasteiger partial charge in [0, 0.05) is 37.6 Å². The smallest absolute Gasteiger partial charge is 0.423 e. The van der Waals surface area contributed by atoms with Gasteiger partial charge in [0.1, 0.15) is 17.9 Å². The maximum Gasteiger partial charge on any atom is 0.437 e. The van der Waals surface area contributed by atoms with Gasteiger partial charge in [-0.2, -0.15) is 14.0 Å². The molecule has 5 rings (SSSR count). The molecule has 0 radical (unpaired) electrons. The van der Waals surface area contributed by atoms with Crippen LogP contribution in [0.2, 0.25) is 0 Å². The lowest BCUT2D eigenvalue weighted by Crippen LogP contribution is -2.49. The van der Waals surface area contributed by atoms with Gasteiger partial charge in [-0.1, -0.05) is 0 Å². The molecule has 10 nitrogen and oxygen atoms in total. The Bertz CT molecular complexity index is 1330. The van der Waals surface area contributed by atoms with Gasteiger partial charge in [0.05, 0.1) is 9.73 Å². The number of aromatic nitrogens is 3. The SMILES string of the molecule is Cc1nn(CC(=O)N=S2(=O)CC3CC(CN(c4nc5ccc(F)cc5o4)C3)C2)c(=O)o1. The van der Waals surface area contributed by atoms with Crippen molar-refractivity contribution < 1.29 is 22.2 Å². The Kier molecular flexibility index (Phi) is 4.68. The number of anilines is 1. The Morgan fingerprint density at radius 1 is 1.29 bits per heavy atom. The van der Waals surface area contributed by atoms with Crippen LogP contribution >= 0.6 is 0 Å². The number of rotatable bonds is 3. The van der Waals surface area contributed by atoms with Gasteiger partial charge < -0.3 is 13.7 Å². The van der Waals surface area contributed by atoms with E-state index in [4.69, 9.17) is 8.83 Å². The quantitative estimate of drug-likeness (QED) is 0.590. The average Bonchev–Trinajstić information content (AvgIpc) is 3.22. The second-order valence-electron chi connectivity index (χ2n) is 8.12. The van der Waals surface area contributed by atoms with Crippen LogP contribution in [0.1, 0.15) is 12.3 Å². The van der Waals surface area contributed by atoms with Gasteiger partial charge in [-0.15, -0.1) is 5.10 Å². The number of amides is 1. The first-order valence-electron chi connectivity index (χ1n) is 9.87. The predicted octanol–water partition coefficient (Wildman–Crippen LogP) is 1.58. The lowest BCUT2D eigenvalue weighted by molar-refractivity contribution is -0.118. The summed E-state index contributed by atoms with van der Waals surface area (Å²) in [6.45, 7) is 2.23. The molecule has 31 heavy (non-hydrogen) atoms. The van der Waals surface area contributed by atoms with E-state index in [-0.39, 0.29) is 35.0 Å². The van der Waals surface area contributed by atoms with E-state index in [0.717, 1.165) is 11.1 Å². The van der Waals surface area contributed by atoms with Gasteiger partial charge >= 0.3 is 5.76 Å². The molecule has 0 aliphatic carbocycles. The summed E-state index contributed by atoms with van der Waals surface area (Å²) in [4.78, 5) is 30.3. The third-order valence-electron chi connectivity index (χ3n) is 5.49. The van der Waals surface area contributed by atoms with Crippen molar-refractivity contribution in [1.82, 2.24) is 14.8 Å². The number of carbonyl (C=O) groups excluding carboxylic acids is 1. The monoisotopic (exact) mass is 449 g/mol. The van der Waals surface area contributed by atoms with Gasteiger partial charge in [-0.25, -0.2) is 13.4 Å². The minimum atomic E-state index is -2.74. The number of benzene rings is 1. The van der Waals surface area contributed by atoms with Crippen molar-refractivity contribution in [3.05, 3.63) is 40.5 Å². The van der Waals surface area contributed by atoms with E-state index in [0.29, 0.717) is 30.2 Å². The highest BCUT2D eigenvalue weighted by atomic mass is 32.2. The van der Waals surface area contributed by atoms with Crippen molar-refractivity contribution in [2.45, 2.75) is 19.9 Å². The van der Waals surface area contributed by atoms with Crippen LogP contribution in [0.3, 0.4) is 0 Å². The topological polar surface area (TPSA) is 124 Å². The fraction of sp³-hybridized carbons (Fsp3) is 0.474. The Morgan fingerprint density at radius 3 is 2.71 bits per heavy atom. The molecule has 2 bridgehead atoms. The van der Waals surface area contributed by atoms with E-state index in [2.05, 4.69) is 14.4 Å². The molecular formula is C19H20FN5O5S. The molecule has 2 aromatic heterocycles. The van der Waals surface area contributed by atoms with E-state index in [1.54, 1.807) is 6.07 Å². The van der Waals surface area contributed by atoms with Crippen LogP contribution in [0.25, 0.3) is 11.1 Å². The Morgan fingerprint density at radius 2 is 2.03 bits per heavy atom. The molecule has 0 N–H and O–H groups in total. The number of halogens is 1. The zero-order chi connectivity index (χ0) is 21.8. The number of piperidine rings is 1. The maximum absolute atomic E-state index is 13.4. The molecule has 2 aliphatic rings. The third-order valence-corrected chi connectivity index (χ3v) is 8.01. The fourth-order valence-electron chi connectivity index (χ4n) is 4.47. The third kappa shape index (κ3) is 3.99. The standard InChI is InChI=1S/C19H20FN5O5S/c1-11-22-25(19(27)29-11)8-17(26)23-31(28)9-12-4-13(10-31)7-24(6-12)18-21-15-3-2-14(20)5-16(15)30-18/h2-3,5,12-13H,4,6-10H2,1H3. The van der Waals surface area contributed by atoms with Crippen LogP contribution in [0.15, 0.2) is 36.2 Å². The van der Waals surface area contributed by atoms with Crippen LogP contribution in [0.5, 0.6) is 0 Å². The molecule has 1 amide bonds. The van der Waals surface area contributed by atoms with Gasteiger partial charge in [0.2, 0.25) is 5.89 Å². The predicted molar refractivity (Wildman–Crippen MR) is 109 cm³/mol. The minimum absolute atomic E-state index is 0.0558. The molecule has 4 heterocycles. The maximum atomic E-state index is 13.4. The highest BCUT2D eigenvalue weighted by Crippen LogP contribution is 2.34. The largest absolute Gasteiger partial charge is 0.437 e. The summed E-state index contributed by atoms with van der Waals surface area (Å²) in [5, 5.41) is 3.81. The van der Waals surface area contributed by atoms with E-state index in [1.165, 1.54) is 19.1 Å². The molecule has 2 unspecified atom stereocenters. The van der Waals surface area contributed by atoms with E-state index in [1.807, 2.05) is 4.90 Å². The molecule has 2 saturated heterocycles. The van der Waals surface area contributed by atoms with Gasteiger partial charge in [-0.3, -0.25) is 4.79 Å². The normalized spacial score (nSPS) is 25.7. The van der Waals surface area contributed by atoms with Crippen molar-refractivity contribution in [3.63, 3.8) is 0 Å². The molecule has 0 spiro atoms. The van der Waals surface area contributed by atoms with Crippen molar-refractivity contribution in [2.75, 3.05) is 29.5 Å². The molecule has 2 atom stereocenters. The highest BCUT2D eigenvalue weighted by molar-refractivity contribution is 7.93. The number of nitrogens with zero attached hydrogens (tertiary/aromatic N) is 5. The van der Waals surface area contributed by atoms with Crippen LogP contribution in [-0.4, -0.2) is 49.5 Å². The molecule has 1 aromatic carbocycles. The first-order chi connectivity index (χ1) is 14.8. The van der Waals surface area contributed by atoms with Crippen molar-refractivity contribution in [2.24, 2.45) is 16.2 Å². The van der Waals surface area contributed by atoms with Crippen LogP contribution < -0.4 is 10.7 Å². The second-order valence-corrected chi connectivity index (χ2v) is 10.5. The second kappa shape index (κ2) is 7.29. The summed E-state index contributed by atoms with van der Waals surface area (Å²) in [5.74, 6) is -0.957. The molecule has 3 aromatic rings. The number of oxazole rings is 1. The Labute approximate surface area is 176 Å². The van der Waals surface area contributed by atoms with Crippen molar-refractivity contribution >= 4 is 32.8 Å². The average molecular weight is 449 g/mol. The van der Waals surface area contributed by atoms with Crippen LogP contribution in [-0.2, 0) is 21.1 Å². The molecule has 2 aliphatic heterocycles. The molecule has 164 valence electrons. The number of carbonyl (C=O) groups is 1. The minimum Gasteiger partial charge on any atom is -0.423 e. The number of fused-ring (bicyclic) bond motifs is 3. The summed E-state index contributed by atoms with van der Waals surface area (Å²) < 4.78 is 42.1. The number of hydrogen-bond acceptors (Lipinski definition) is 8.